The quantitative estimate of drug-likeness (QED) is 0.813. The van der Waals surface area contributed by atoms with Gasteiger partial charge in [-0.25, -0.2) is 18.6 Å². The second kappa shape index (κ2) is 9.50. The number of carbonyl (C=O) groups is 1. The molecule has 0 saturated carbocycles. The maximum absolute atomic E-state index is 12.4. The van der Waals surface area contributed by atoms with Gasteiger partial charge in [-0.2, -0.15) is 0 Å². The monoisotopic (exact) mass is 355 g/mol. The van der Waals surface area contributed by atoms with Crippen molar-refractivity contribution >= 4 is 11.8 Å². The summed E-state index contributed by atoms with van der Waals surface area (Å²) in [7, 11) is 0. The Morgan fingerprint density at radius 2 is 1.92 bits per heavy atom. The molecule has 2 heterocycles. The number of rotatable bonds is 7. The average Bonchev–Trinajstić information content (AvgIpc) is 2.62. The predicted octanol–water partition coefficient (Wildman–Crippen LogP) is 2.02. The van der Waals surface area contributed by atoms with E-state index in [0.29, 0.717) is 32.7 Å². The number of piperazine rings is 1. The van der Waals surface area contributed by atoms with Crippen molar-refractivity contribution in [3.05, 3.63) is 23.9 Å². The largest absolute Gasteiger partial charge is 0.357 e. The third-order valence-electron chi connectivity index (χ3n) is 4.40. The van der Waals surface area contributed by atoms with Crippen LogP contribution in [0.25, 0.3) is 0 Å². The minimum Gasteiger partial charge on any atom is -0.357 e. The number of pyridine rings is 1. The molecule has 0 spiro atoms. The summed E-state index contributed by atoms with van der Waals surface area (Å²) in [4.78, 5) is 22.1. The Kier molecular flexibility index (Phi) is 7.36. The third-order valence-corrected chi connectivity index (χ3v) is 4.40. The zero-order chi connectivity index (χ0) is 18.2. The van der Waals surface area contributed by atoms with Gasteiger partial charge in [0.05, 0.1) is 6.54 Å². The van der Waals surface area contributed by atoms with Gasteiger partial charge in [0, 0.05) is 52.0 Å². The van der Waals surface area contributed by atoms with Crippen LogP contribution in [0.15, 0.2) is 18.3 Å². The predicted molar refractivity (Wildman–Crippen MR) is 94.1 cm³/mol. The van der Waals surface area contributed by atoms with Crippen molar-refractivity contribution in [2.75, 3.05) is 50.7 Å². The van der Waals surface area contributed by atoms with E-state index in [2.05, 4.69) is 29.0 Å². The number of anilines is 1. The first kappa shape index (κ1) is 19.4. The number of halogens is 2. The van der Waals surface area contributed by atoms with Gasteiger partial charge in [-0.3, -0.25) is 4.90 Å². The van der Waals surface area contributed by atoms with Gasteiger partial charge in [-0.1, -0.05) is 6.07 Å². The molecule has 0 aromatic carbocycles. The highest BCUT2D eigenvalue weighted by atomic mass is 19.3. The lowest BCUT2D eigenvalue weighted by atomic mass is 10.2. The first-order valence-electron chi connectivity index (χ1n) is 8.76. The molecule has 0 atom stereocenters. The number of aromatic nitrogens is 1. The molecule has 0 bridgehead atoms. The molecule has 2 rings (SSSR count). The molecule has 1 N–H and O–H groups in total. The van der Waals surface area contributed by atoms with Gasteiger partial charge in [-0.05, 0) is 25.5 Å². The molecule has 0 aliphatic carbocycles. The number of amides is 2. The van der Waals surface area contributed by atoms with E-state index in [1.165, 1.54) is 0 Å². The summed E-state index contributed by atoms with van der Waals surface area (Å²) in [5.74, 6) is 0.926. The van der Waals surface area contributed by atoms with E-state index in [0.717, 1.165) is 24.5 Å². The van der Waals surface area contributed by atoms with E-state index < -0.39 is 6.43 Å². The van der Waals surface area contributed by atoms with Crippen LogP contribution in [0.4, 0.5) is 19.4 Å². The first-order valence-corrected chi connectivity index (χ1v) is 8.76. The van der Waals surface area contributed by atoms with Crippen molar-refractivity contribution in [3.8, 4) is 0 Å². The fraction of sp³-hybridized carbons (Fsp3) is 0.647. The van der Waals surface area contributed by atoms with Gasteiger partial charge in [0.1, 0.15) is 5.82 Å². The van der Waals surface area contributed by atoms with Gasteiger partial charge in [-0.15, -0.1) is 0 Å². The first-order chi connectivity index (χ1) is 12.0. The molecule has 1 aromatic rings. The lowest BCUT2D eigenvalue weighted by Crippen LogP contribution is -2.52. The molecule has 1 saturated heterocycles. The van der Waals surface area contributed by atoms with Crippen molar-refractivity contribution in [2.45, 2.75) is 26.8 Å². The van der Waals surface area contributed by atoms with E-state index in [1.807, 2.05) is 12.1 Å². The molecule has 1 aromatic heterocycles. The summed E-state index contributed by atoms with van der Waals surface area (Å²) in [6.07, 6.45) is -0.554. The molecule has 140 valence electrons. The molecule has 0 radical (unpaired) electrons. The fourth-order valence-corrected chi connectivity index (χ4v) is 2.87. The van der Waals surface area contributed by atoms with Crippen LogP contribution in [0.1, 0.15) is 19.4 Å². The lowest BCUT2D eigenvalue weighted by Gasteiger charge is -2.34. The Hall–Kier alpha value is -1.96. The summed E-state index contributed by atoms with van der Waals surface area (Å²) in [5, 5.41) is 2.87. The van der Waals surface area contributed by atoms with E-state index in [4.69, 9.17) is 0 Å². The number of nitrogens with one attached hydrogen (secondary N) is 1. The summed E-state index contributed by atoms with van der Waals surface area (Å²) < 4.78 is 24.7. The molecule has 2 amide bonds. The van der Waals surface area contributed by atoms with Crippen LogP contribution in [-0.4, -0.2) is 73.1 Å². The highest BCUT2D eigenvalue weighted by Gasteiger charge is 2.22. The van der Waals surface area contributed by atoms with Crippen LogP contribution in [-0.2, 0) is 6.54 Å². The van der Waals surface area contributed by atoms with Crippen molar-refractivity contribution in [3.63, 3.8) is 0 Å². The van der Waals surface area contributed by atoms with E-state index in [9.17, 15) is 13.6 Å². The number of alkyl halides is 2. The topological polar surface area (TPSA) is 51.7 Å². The highest BCUT2D eigenvalue weighted by molar-refractivity contribution is 5.74. The Bertz CT molecular complexity index is 528. The van der Waals surface area contributed by atoms with Crippen molar-refractivity contribution in [2.24, 2.45) is 0 Å². The zero-order valence-electron chi connectivity index (χ0n) is 14.9. The summed E-state index contributed by atoms with van der Waals surface area (Å²) in [6.45, 7) is 8.06. The maximum atomic E-state index is 12.4. The highest BCUT2D eigenvalue weighted by Crippen LogP contribution is 2.11. The van der Waals surface area contributed by atoms with Gasteiger partial charge in [0.15, 0.2) is 0 Å². The molecule has 8 heteroatoms. The van der Waals surface area contributed by atoms with Crippen LogP contribution in [0, 0.1) is 0 Å². The standard InChI is InChI=1S/C17H27F2N5O/c1-3-23(4-2)16-6-5-14(11-20-16)12-21-17(25)24-9-7-22(8-10-24)13-15(18)19/h5-6,11,15H,3-4,7-10,12-13H2,1-2H3,(H,21,25). The molecule has 25 heavy (non-hydrogen) atoms. The maximum Gasteiger partial charge on any atom is 0.317 e. The minimum atomic E-state index is -2.33. The van der Waals surface area contributed by atoms with E-state index >= 15 is 0 Å². The molecule has 6 nitrogen and oxygen atoms in total. The molecular weight excluding hydrogens is 328 g/mol. The van der Waals surface area contributed by atoms with Crippen molar-refractivity contribution in [1.29, 1.82) is 0 Å². The summed E-state index contributed by atoms with van der Waals surface area (Å²) in [5.41, 5.74) is 0.931. The Balaban J connectivity index is 1.77. The third kappa shape index (κ3) is 5.81. The number of urea groups is 1. The Morgan fingerprint density at radius 3 is 2.44 bits per heavy atom. The summed E-state index contributed by atoms with van der Waals surface area (Å²) >= 11 is 0. The van der Waals surface area contributed by atoms with Crippen molar-refractivity contribution in [1.82, 2.24) is 20.1 Å². The van der Waals surface area contributed by atoms with Gasteiger partial charge >= 0.3 is 6.03 Å². The average molecular weight is 355 g/mol. The van der Waals surface area contributed by atoms with Crippen LogP contribution in [0.2, 0.25) is 0 Å². The Labute approximate surface area is 147 Å². The van der Waals surface area contributed by atoms with Gasteiger partial charge < -0.3 is 15.1 Å². The van der Waals surface area contributed by atoms with E-state index in [1.54, 1.807) is 16.0 Å². The molecule has 1 aliphatic rings. The molecule has 1 aliphatic heterocycles. The second-order valence-corrected chi connectivity index (χ2v) is 6.03. The van der Waals surface area contributed by atoms with Crippen LogP contribution < -0.4 is 10.2 Å². The normalized spacial score (nSPS) is 15.5. The number of carbonyl (C=O) groups excluding carboxylic acids is 1. The van der Waals surface area contributed by atoms with Crippen molar-refractivity contribution < 1.29 is 13.6 Å². The van der Waals surface area contributed by atoms with Gasteiger partial charge in [0.25, 0.3) is 6.43 Å². The summed E-state index contributed by atoms with van der Waals surface area (Å²) in [6, 6.07) is 3.75. The van der Waals surface area contributed by atoms with E-state index in [-0.39, 0.29) is 12.6 Å². The lowest BCUT2D eigenvalue weighted by molar-refractivity contribution is 0.0636. The molecule has 1 fully saturated rings. The smallest absolute Gasteiger partial charge is 0.317 e. The second-order valence-electron chi connectivity index (χ2n) is 6.03. The minimum absolute atomic E-state index is 0.162. The SMILES string of the molecule is CCN(CC)c1ccc(CNC(=O)N2CCN(CC(F)F)CC2)cn1. The fourth-order valence-electron chi connectivity index (χ4n) is 2.87. The Morgan fingerprint density at radius 1 is 1.24 bits per heavy atom. The van der Waals surface area contributed by atoms with Crippen LogP contribution in [0.3, 0.4) is 0 Å². The number of nitrogens with zero attached hydrogens (tertiary/aromatic N) is 4. The number of hydrogen-bond donors (Lipinski definition) is 1. The van der Waals surface area contributed by atoms with Crippen LogP contribution in [0.5, 0.6) is 0 Å². The molecule has 0 unspecified atom stereocenters. The molecular formula is C17H27F2N5O. The van der Waals surface area contributed by atoms with Gasteiger partial charge in [0.2, 0.25) is 0 Å². The van der Waals surface area contributed by atoms with Crippen LogP contribution >= 0.6 is 0 Å². The zero-order valence-corrected chi connectivity index (χ0v) is 14.9. The number of hydrogen-bond acceptors (Lipinski definition) is 4.